The summed E-state index contributed by atoms with van der Waals surface area (Å²) in [6.45, 7) is 7.06. The van der Waals surface area contributed by atoms with Crippen molar-refractivity contribution in [2.45, 2.75) is 26.1 Å². The van der Waals surface area contributed by atoms with Gasteiger partial charge in [-0.3, -0.25) is 15.1 Å². The Hall–Kier alpha value is -2.12. The van der Waals surface area contributed by atoms with E-state index in [9.17, 15) is 9.59 Å². The molecule has 0 radical (unpaired) electrons. The van der Waals surface area contributed by atoms with Crippen LogP contribution in [0.4, 0.5) is 4.79 Å². The van der Waals surface area contributed by atoms with Crippen molar-refractivity contribution >= 4 is 11.9 Å². The van der Waals surface area contributed by atoms with E-state index in [0.29, 0.717) is 12.1 Å². The van der Waals surface area contributed by atoms with Crippen LogP contribution in [-0.2, 0) is 4.74 Å². The van der Waals surface area contributed by atoms with Gasteiger partial charge in [0.05, 0.1) is 12.2 Å². The van der Waals surface area contributed by atoms with Gasteiger partial charge >= 0.3 is 6.03 Å². The van der Waals surface area contributed by atoms with Crippen LogP contribution in [0.2, 0.25) is 0 Å². The lowest BCUT2D eigenvalue weighted by Crippen LogP contribution is -2.50. The molecule has 3 N–H and O–H groups in total. The Balaban J connectivity index is 1.63. The summed E-state index contributed by atoms with van der Waals surface area (Å²) < 4.78 is 5.66. The number of ether oxygens (including phenoxy) is 1. The van der Waals surface area contributed by atoms with Gasteiger partial charge in [-0.15, -0.1) is 0 Å². The quantitative estimate of drug-likeness (QED) is 0.715. The van der Waals surface area contributed by atoms with Crippen molar-refractivity contribution in [3.63, 3.8) is 0 Å². The molecule has 0 saturated carbocycles. The van der Waals surface area contributed by atoms with E-state index in [2.05, 4.69) is 21.1 Å². The third kappa shape index (κ3) is 5.88. The van der Waals surface area contributed by atoms with E-state index < -0.39 is 6.03 Å². The predicted octanol–water partition coefficient (Wildman–Crippen LogP) is 0.740. The Bertz CT molecular complexity index is 513. The number of hydrogen-bond acceptors (Lipinski definition) is 4. The molecule has 23 heavy (non-hydrogen) atoms. The number of hydrazine groups is 1. The van der Waals surface area contributed by atoms with Crippen LogP contribution < -0.4 is 16.2 Å². The van der Waals surface area contributed by atoms with E-state index in [-0.39, 0.29) is 18.1 Å². The fraction of sp³-hybridized carbons (Fsp3) is 0.500. The highest BCUT2D eigenvalue weighted by Crippen LogP contribution is 2.09. The van der Waals surface area contributed by atoms with Crippen molar-refractivity contribution in [2.24, 2.45) is 0 Å². The summed E-state index contributed by atoms with van der Waals surface area (Å²) in [7, 11) is 0. The average Bonchev–Trinajstić information content (AvgIpc) is 2.52. The predicted molar refractivity (Wildman–Crippen MR) is 86.9 cm³/mol. The Morgan fingerprint density at radius 3 is 2.43 bits per heavy atom. The molecule has 0 aromatic heterocycles. The fourth-order valence-electron chi connectivity index (χ4n) is 2.61. The maximum atomic E-state index is 11.8. The molecule has 1 aliphatic rings. The zero-order valence-electron chi connectivity index (χ0n) is 13.5. The maximum Gasteiger partial charge on any atom is 0.333 e. The molecule has 1 aliphatic heterocycles. The number of morpholine rings is 1. The number of nitrogens with zero attached hydrogens (tertiary/aromatic N) is 1. The van der Waals surface area contributed by atoms with E-state index in [1.165, 1.54) is 0 Å². The highest BCUT2D eigenvalue weighted by atomic mass is 16.5. The van der Waals surface area contributed by atoms with Gasteiger partial charge in [0.2, 0.25) is 0 Å². The number of hydrogen-bond donors (Lipinski definition) is 3. The van der Waals surface area contributed by atoms with Crippen LogP contribution in [0.5, 0.6) is 0 Å². The van der Waals surface area contributed by atoms with Crippen LogP contribution in [0, 0.1) is 0 Å². The summed E-state index contributed by atoms with van der Waals surface area (Å²) in [5.41, 5.74) is 5.20. The number of carbonyl (C=O) groups excluding carboxylic acids is 2. The first-order chi connectivity index (χ1) is 11.0. The minimum absolute atomic E-state index is 0.206. The van der Waals surface area contributed by atoms with Gasteiger partial charge in [0.25, 0.3) is 5.91 Å². The van der Waals surface area contributed by atoms with Crippen molar-refractivity contribution in [3.8, 4) is 0 Å². The van der Waals surface area contributed by atoms with Gasteiger partial charge < -0.3 is 10.1 Å². The Labute approximate surface area is 136 Å². The molecule has 0 spiro atoms. The van der Waals surface area contributed by atoms with E-state index in [0.717, 1.165) is 19.6 Å². The molecule has 2 atom stereocenters. The molecule has 1 aromatic carbocycles. The van der Waals surface area contributed by atoms with Gasteiger partial charge in [-0.25, -0.2) is 10.2 Å². The van der Waals surface area contributed by atoms with Gasteiger partial charge in [0.15, 0.2) is 0 Å². The molecule has 0 bridgehead atoms. The molecule has 7 nitrogen and oxygen atoms in total. The van der Waals surface area contributed by atoms with Crippen LogP contribution in [0.1, 0.15) is 24.2 Å². The van der Waals surface area contributed by atoms with Gasteiger partial charge in [0.1, 0.15) is 0 Å². The minimum Gasteiger partial charge on any atom is -0.373 e. The van der Waals surface area contributed by atoms with Gasteiger partial charge in [-0.2, -0.15) is 0 Å². The normalized spacial score (nSPS) is 21.5. The molecule has 1 heterocycles. The molecule has 1 saturated heterocycles. The molecule has 2 rings (SSSR count). The van der Waals surface area contributed by atoms with E-state index in [1.807, 2.05) is 19.9 Å². The minimum atomic E-state index is -0.427. The van der Waals surface area contributed by atoms with E-state index >= 15 is 0 Å². The second-order valence-corrected chi connectivity index (χ2v) is 5.72. The second kappa shape index (κ2) is 8.50. The van der Waals surface area contributed by atoms with Crippen molar-refractivity contribution in [2.75, 3.05) is 26.2 Å². The van der Waals surface area contributed by atoms with Crippen molar-refractivity contribution in [3.05, 3.63) is 35.9 Å². The second-order valence-electron chi connectivity index (χ2n) is 5.72. The van der Waals surface area contributed by atoms with Crippen LogP contribution in [-0.4, -0.2) is 55.2 Å². The molecule has 0 aliphatic carbocycles. The summed E-state index contributed by atoms with van der Waals surface area (Å²) >= 11 is 0. The van der Waals surface area contributed by atoms with Crippen molar-refractivity contribution < 1.29 is 14.3 Å². The van der Waals surface area contributed by atoms with Crippen LogP contribution in [0.3, 0.4) is 0 Å². The first-order valence-corrected chi connectivity index (χ1v) is 7.81. The molecule has 1 fully saturated rings. The lowest BCUT2D eigenvalue weighted by molar-refractivity contribution is -0.0672. The fourth-order valence-corrected chi connectivity index (χ4v) is 2.61. The zero-order chi connectivity index (χ0) is 16.7. The number of rotatable bonds is 4. The lowest BCUT2D eigenvalue weighted by atomic mass is 10.2. The number of urea groups is 1. The van der Waals surface area contributed by atoms with Crippen LogP contribution in [0.25, 0.3) is 0 Å². The van der Waals surface area contributed by atoms with Crippen molar-refractivity contribution in [1.82, 2.24) is 21.1 Å². The Morgan fingerprint density at radius 2 is 1.78 bits per heavy atom. The number of carbonyl (C=O) groups is 2. The molecular weight excluding hydrogens is 296 g/mol. The van der Waals surface area contributed by atoms with Gasteiger partial charge in [0, 0.05) is 31.7 Å². The SMILES string of the molecule is CC1CN(CCNC(=O)NNC(=O)c2ccccc2)CC(C)O1. The summed E-state index contributed by atoms with van der Waals surface area (Å²) in [6, 6.07) is 8.28. The monoisotopic (exact) mass is 320 g/mol. The molecule has 1 aromatic rings. The van der Waals surface area contributed by atoms with Crippen molar-refractivity contribution in [1.29, 1.82) is 0 Å². The summed E-state index contributed by atoms with van der Waals surface area (Å²) in [6.07, 6.45) is 0.412. The average molecular weight is 320 g/mol. The first kappa shape index (κ1) is 17.2. The Morgan fingerprint density at radius 1 is 1.13 bits per heavy atom. The molecule has 3 amide bonds. The van der Waals surface area contributed by atoms with Crippen LogP contribution in [0.15, 0.2) is 30.3 Å². The van der Waals surface area contributed by atoms with Crippen LogP contribution >= 0.6 is 0 Å². The highest BCUT2D eigenvalue weighted by molar-refractivity contribution is 5.95. The number of amides is 3. The van der Waals surface area contributed by atoms with Gasteiger partial charge in [-0.05, 0) is 26.0 Å². The molecule has 7 heteroatoms. The summed E-state index contributed by atoms with van der Waals surface area (Å²) in [4.78, 5) is 25.7. The van der Waals surface area contributed by atoms with E-state index in [1.54, 1.807) is 24.3 Å². The number of benzene rings is 1. The lowest BCUT2D eigenvalue weighted by Gasteiger charge is -2.35. The van der Waals surface area contributed by atoms with Gasteiger partial charge in [-0.1, -0.05) is 18.2 Å². The summed E-state index contributed by atoms with van der Waals surface area (Å²) in [5.74, 6) is -0.350. The maximum absolute atomic E-state index is 11.8. The summed E-state index contributed by atoms with van der Waals surface area (Å²) in [5, 5.41) is 2.72. The molecule has 2 unspecified atom stereocenters. The number of nitrogens with one attached hydrogen (secondary N) is 3. The van der Waals surface area contributed by atoms with E-state index in [4.69, 9.17) is 4.74 Å². The third-order valence-electron chi connectivity index (χ3n) is 3.53. The zero-order valence-corrected chi connectivity index (χ0v) is 13.5. The topological polar surface area (TPSA) is 82.7 Å². The largest absolute Gasteiger partial charge is 0.373 e. The highest BCUT2D eigenvalue weighted by Gasteiger charge is 2.21. The molecular formula is C16H24N4O3. The smallest absolute Gasteiger partial charge is 0.333 e. The first-order valence-electron chi connectivity index (χ1n) is 7.81. The standard InChI is InChI=1S/C16H24N4O3/c1-12-10-20(11-13(2)23-12)9-8-17-16(22)19-18-15(21)14-6-4-3-5-7-14/h3-7,12-13H,8-11H2,1-2H3,(H,18,21)(H2,17,19,22). The third-order valence-corrected chi connectivity index (χ3v) is 3.53. The molecule has 126 valence electrons. The Kier molecular flexibility index (Phi) is 6.37.